The Hall–Kier alpha value is -1.55. The molecule has 0 aliphatic carbocycles. The second-order valence-corrected chi connectivity index (χ2v) is 6.52. The van der Waals surface area contributed by atoms with Crippen LogP contribution in [0.3, 0.4) is 0 Å². The minimum Gasteiger partial charge on any atom is -0.399 e. The van der Waals surface area contributed by atoms with Crippen LogP contribution in [0.1, 0.15) is 42.1 Å². The van der Waals surface area contributed by atoms with Crippen LogP contribution in [0.5, 0.6) is 0 Å². The van der Waals surface area contributed by atoms with E-state index in [0.717, 1.165) is 29.9 Å². The maximum Gasteiger partial charge on any atom is 0.254 e. The number of anilines is 1. The first-order valence-electron chi connectivity index (χ1n) is 7.97. The highest BCUT2D eigenvalue weighted by Gasteiger charge is 2.35. The van der Waals surface area contributed by atoms with Gasteiger partial charge in [-0.3, -0.25) is 9.69 Å². The number of amides is 1. The Morgan fingerprint density at radius 3 is 2.86 bits per heavy atom. The van der Waals surface area contributed by atoms with Gasteiger partial charge in [0.2, 0.25) is 0 Å². The summed E-state index contributed by atoms with van der Waals surface area (Å²) in [7, 11) is 0. The second kappa shape index (κ2) is 5.68. The summed E-state index contributed by atoms with van der Waals surface area (Å²) in [4.78, 5) is 17.4. The van der Waals surface area contributed by atoms with Gasteiger partial charge in [-0.15, -0.1) is 0 Å². The third kappa shape index (κ3) is 2.77. The van der Waals surface area contributed by atoms with E-state index in [1.807, 2.05) is 25.1 Å². The minimum atomic E-state index is 0.149. The number of carbonyl (C=O) groups excluding carboxylic acids is 1. The first-order chi connectivity index (χ1) is 10.1. The molecule has 0 saturated carbocycles. The van der Waals surface area contributed by atoms with Crippen molar-refractivity contribution >= 4 is 11.6 Å². The van der Waals surface area contributed by atoms with Gasteiger partial charge in [0, 0.05) is 36.4 Å². The fourth-order valence-electron chi connectivity index (χ4n) is 3.61. The van der Waals surface area contributed by atoms with Crippen molar-refractivity contribution in [1.82, 2.24) is 9.80 Å². The minimum absolute atomic E-state index is 0.149. The quantitative estimate of drug-likeness (QED) is 0.806. The Morgan fingerprint density at radius 1 is 1.29 bits per heavy atom. The molecular formula is C17H25N3O. The monoisotopic (exact) mass is 287 g/mol. The number of hydrogen-bond acceptors (Lipinski definition) is 3. The number of fused-ring (bicyclic) bond motifs is 1. The van der Waals surface area contributed by atoms with Gasteiger partial charge in [-0.25, -0.2) is 0 Å². The molecule has 3 rings (SSSR count). The van der Waals surface area contributed by atoms with Crippen LogP contribution in [0.25, 0.3) is 0 Å². The molecule has 0 aromatic heterocycles. The molecule has 0 bridgehead atoms. The molecule has 4 nitrogen and oxygen atoms in total. The molecule has 2 heterocycles. The summed E-state index contributed by atoms with van der Waals surface area (Å²) in [6.45, 7) is 7.17. The molecule has 1 aromatic rings. The normalized spacial score (nSPS) is 26.5. The fourth-order valence-corrected chi connectivity index (χ4v) is 3.61. The van der Waals surface area contributed by atoms with Gasteiger partial charge in [0.15, 0.2) is 0 Å². The maximum absolute atomic E-state index is 12.8. The van der Waals surface area contributed by atoms with E-state index in [2.05, 4.69) is 16.7 Å². The van der Waals surface area contributed by atoms with E-state index in [4.69, 9.17) is 5.73 Å². The Bertz CT molecular complexity index is 543. The van der Waals surface area contributed by atoms with E-state index in [0.29, 0.717) is 6.04 Å². The van der Waals surface area contributed by atoms with E-state index in [1.165, 1.54) is 25.8 Å². The fraction of sp³-hybridized carbons (Fsp3) is 0.588. The van der Waals surface area contributed by atoms with Gasteiger partial charge in [0.1, 0.15) is 0 Å². The van der Waals surface area contributed by atoms with E-state index in [-0.39, 0.29) is 11.9 Å². The summed E-state index contributed by atoms with van der Waals surface area (Å²) in [5.74, 6) is 0.149. The average molecular weight is 287 g/mol. The largest absolute Gasteiger partial charge is 0.399 e. The van der Waals surface area contributed by atoms with Crippen molar-refractivity contribution in [3.05, 3.63) is 29.3 Å². The highest BCUT2D eigenvalue weighted by Crippen LogP contribution is 2.25. The van der Waals surface area contributed by atoms with E-state index < -0.39 is 0 Å². The van der Waals surface area contributed by atoms with Crippen molar-refractivity contribution in [1.29, 1.82) is 0 Å². The third-order valence-electron chi connectivity index (χ3n) is 4.96. The zero-order valence-corrected chi connectivity index (χ0v) is 13.0. The lowest BCUT2D eigenvalue weighted by molar-refractivity contribution is 0.0151. The summed E-state index contributed by atoms with van der Waals surface area (Å²) in [5.41, 5.74) is 8.34. The zero-order chi connectivity index (χ0) is 15.0. The number of piperazine rings is 1. The lowest BCUT2D eigenvalue weighted by Crippen LogP contribution is -2.60. The van der Waals surface area contributed by atoms with E-state index >= 15 is 0 Å². The summed E-state index contributed by atoms with van der Waals surface area (Å²) in [6, 6.07) is 6.44. The van der Waals surface area contributed by atoms with Crippen LogP contribution in [0.4, 0.5) is 5.69 Å². The average Bonchev–Trinajstić information content (AvgIpc) is 2.48. The highest BCUT2D eigenvalue weighted by molar-refractivity contribution is 5.95. The lowest BCUT2D eigenvalue weighted by Gasteiger charge is -2.47. The van der Waals surface area contributed by atoms with Gasteiger partial charge in [0.05, 0.1) is 0 Å². The number of nitrogen functional groups attached to an aromatic ring is 1. The van der Waals surface area contributed by atoms with Crippen molar-refractivity contribution in [2.24, 2.45) is 0 Å². The van der Waals surface area contributed by atoms with Crippen LogP contribution < -0.4 is 5.73 Å². The van der Waals surface area contributed by atoms with E-state index in [1.54, 1.807) is 0 Å². The number of hydrogen-bond donors (Lipinski definition) is 1. The summed E-state index contributed by atoms with van der Waals surface area (Å²) in [5, 5.41) is 0. The molecule has 2 N–H and O–H groups in total. The van der Waals surface area contributed by atoms with Gasteiger partial charge in [-0.1, -0.05) is 6.42 Å². The smallest absolute Gasteiger partial charge is 0.254 e. The number of rotatable bonds is 1. The number of nitrogens with two attached hydrogens (primary N) is 1. The van der Waals surface area contributed by atoms with Crippen molar-refractivity contribution in [3.8, 4) is 0 Å². The van der Waals surface area contributed by atoms with Gasteiger partial charge in [-0.05, 0) is 57.0 Å². The van der Waals surface area contributed by atoms with Crippen molar-refractivity contribution in [2.75, 3.05) is 25.4 Å². The van der Waals surface area contributed by atoms with Gasteiger partial charge < -0.3 is 10.6 Å². The molecule has 114 valence electrons. The molecule has 4 heteroatoms. The van der Waals surface area contributed by atoms with Crippen LogP contribution in [0, 0.1) is 6.92 Å². The van der Waals surface area contributed by atoms with Crippen LogP contribution in [-0.4, -0.2) is 47.4 Å². The zero-order valence-electron chi connectivity index (χ0n) is 13.0. The number of benzene rings is 1. The SMILES string of the molecule is Cc1cc(C(=O)N2CC3CCCCN3CC2C)ccc1N. The van der Waals surface area contributed by atoms with Crippen molar-refractivity contribution < 1.29 is 4.79 Å². The Kier molecular flexibility index (Phi) is 3.89. The number of piperidine rings is 1. The summed E-state index contributed by atoms with van der Waals surface area (Å²) < 4.78 is 0. The van der Waals surface area contributed by atoms with Crippen molar-refractivity contribution in [2.45, 2.75) is 45.2 Å². The Labute approximate surface area is 126 Å². The molecule has 2 atom stereocenters. The molecule has 2 unspecified atom stereocenters. The molecule has 1 aromatic carbocycles. The molecule has 0 spiro atoms. The topological polar surface area (TPSA) is 49.6 Å². The molecule has 2 saturated heterocycles. The lowest BCUT2D eigenvalue weighted by atomic mass is 9.96. The van der Waals surface area contributed by atoms with Crippen LogP contribution in [0.2, 0.25) is 0 Å². The Morgan fingerprint density at radius 2 is 2.10 bits per heavy atom. The van der Waals surface area contributed by atoms with Gasteiger partial charge >= 0.3 is 0 Å². The standard InChI is InChI=1S/C17H25N3O/c1-12-9-14(6-7-16(12)18)17(21)20-11-15-5-3-4-8-19(15)10-13(20)2/h6-7,9,13,15H,3-5,8,10-11,18H2,1-2H3. The molecule has 21 heavy (non-hydrogen) atoms. The second-order valence-electron chi connectivity index (χ2n) is 6.52. The molecule has 1 amide bonds. The summed E-state index contributed by atoms with van der Waals surface area (Å²) >= 11 is 0. The van der Waals surface area contributed by atoms with Crippen LogP contribution in [0.15, 0.2) is 18.2 Å². The van der Waals surface area contributed by atoms with Crippen LogP contribution >= 0.6 is 0 Å². The first-order valence-corrected chi connectivity index (χ1v) is 7.97. The molecule has 2 aliphatic heterocycles. The molecule has 2 aliphatic rings. The number of aryl methyl sites for hydroxylation is 1. The summed E-state index contributed by atoms with van der Waals surface area (Å²) in [6.07, 6.45) is 3.81. The van der Waals surface area contributed by atoms with Gasteiger partial charge in [-0.2, -0.15) is 0 Å². The number of nitrogens with zero attached hydrogens (tertiary/aromatic N) is 2. The van der Waals surface area contributed by atoms with Gasteiger partial charge in [0.25, 0.3) is 5.91 Å². The highest BCUT2D eigenvalue weighted by atomic mass is 16.2. The van der Waals surface area contributed by atoms with Crippen LogP contribution in [-0.2, 0) is 0 Å². The predicted molar refractivity (Wildman–Crippen MR) is 85.3 cm³/mol. The van der Waals surface area contributed by atoms with E-state index in [9.17, 15) is 4.79 Å². The molecule has 0 radical (unpaired) electrons. The molecular weight excluding hydrogens is 262 g/mol. The maximum atomic E-state index is 12.8. The van der Waals surface area contributed by atoms with Crippen molar-refractivity contribution in [3.63, 3.8) is 0 Å². The Balaban J connectivity index is 1.78. The third-order valence-corrected chi connectivity index (χ3v) is 4.96. The predicted octanol–water partition coefficient (Wildman–Crippen LogP) is 2.28. The number of carbonyl (C=O) groups is 1. The first kappa shape index (κ1) is 14.4. The molecule has 2 fully saturated rings.